The zero-order valence-corrected chi connectivity index (χ0v) is 12.6. The Kier molecular flexibility index (Phi) is 13.9. The largest absolute Gasteiger partial charge is 0.394 e. The van der Waals surface area contributed by atoms with E-state index in [4.69, 9.17) is 51.1 Å². The minimum atomic E-state index is -1.86. The molecule has 0 amide bonds. The summed E-state index contributed by atoms with van der Waals surface area (Å²) in [5, 5.41) is 86.1. The van der Waals surface area contributed by atoms with Gasteiger partial charge in [-0.25, -0.2) is 0 Å². The van der Waals surface area contributed by atoms with Gasteiger partial charge >= 0.3 is 0 Å². The minimum absolute atomic E-state index is 0.767. The maximum Gasteiger partial charge on any atom is 0.189 e. The van der Waals surface area contributed by atoms with Crippen LogP contribution in [0.3, 0.4) is 0 Å². The summed E-state index contributed by atoms with van der Waals surface area (Å²) < 4.78 is 0. The smallest absolute Gasteiger partial charge is 0.189 e. The first-order valence-corrected chi connectivity index (χ1v) is 6.66. The lowest BCUT2D eigenvalue weighted by molar-refractivity contribution is -0.143. The van der Waals surface area contributed by atoms with Gasteiger partial charge in [-0.2, -0.15) is 0 Å². The van der Waals surface area contributed by atoms with Gasteiger partial charge in [0.1, 0.15) is 49.8 Å². The van der Waals surface area contributed by atoms with Crippen molar-refractivity contribution in [1.29, 1.82) is 0 Å². The Bertz CT molecular complexity index is 328. The number of hydrogen-bond donors (Lipinski definition) is 10. The third-order valence-corrected chi connectivity index (χ3v) is 2.78. The van der Waals surface area contributed by atoms with E-state index in [1.54, 1.807) is 0 Å². The highest BCUT2D eigenvalue weighted by molar-refractivity contribution is 5.84. The lowest BCUT2D eigenvalue weighted by atomic mass is 10.1. The van der Waals surface area contributed by atoms with Crippen LogP contribution in [0.4, 0.5) is 0 Å². The molecule has 0 fully saturated rings. The van der Waals surface area contributed by atoms with E-state index in [0.29, 0.717) is 0 Å². The number of hydrogen-bond acceptors (Lipinski definition) is 12. The lowest BCUT2D eigenvalue weighted by Crippen LogP contribution is -2.44. The third kappa shape index (κ3) is 8.70. The SMILES string of the molecule is O=C(CO)[C@@H](O)[C@H](O)[C@@H](O)CO.O=C(CO)[C@H](O)[C@@H](O)[C@H](O)CO. The molecule has 12 nitrogen and oxygen atoms in total. The van der Waals surface area contributed by atoms with E-state index in [-0.39, 0.29) is 0 Å². The van der Waals surface area contributed by atoms with Crippen molar-refractivity contribution in [1.82, 2.24) is 0 Å². The predicted octanol–water partition coefficient (Wildman–Crippen LogP) is -6.75. The van der Waals surface area contributed by atoms with Crippen molar-refractivity contribution in [3.05, 3.63) is 0 Å². The molecule has 0 rings (SSSR count). The van der Waals surface area contributed by atoms with Crippen LogP contribution >= 0.6 is 0 Å². The highest BCUT2D eigenvalue weighted by atomic mass is 16.4. The summed E-state index contributed by atoms with van der Waals surface area (Å²) in [7, 11) is 0. The molecule has 0 aliphatic carbocycles. The van der Waals surface area contributed by atoms with Crippen molar-refractivity contribution in [2.24, 2.45) is 0 Å². The molecule has 0 aromatic heterocycles. The summed E-state index contributed by atoms with van der Waals surface area (Å²) in [6.45, 7) is -3.37. The first kappa shape index (κ1) is 25.2. The molecule has 24 heavy (non-hydrogen) atoms. The molecule has 144 valence electrons. The Morgan fingerprint density at radius 3 is 1.00 bits per heavy atom. The second kappa shape index (κ2) is 13.3. The van der Waals surface area contributed by atoms with Gasteiger partial charge in [-0.15, -0.1) is 0 Å². The van der Waals surface area contributed by atoms with Crippen molar-refractivity contribution in [2.45, 2.75) is 36.6 Å². The van der Waals surface area contributed by atoms with Gasteiger partial charge in [0.2, 0.25) is 0 Å². The summed E-state index contributed by atoms with van der Waals surface area (Å²) in [6.07, 6.45) is -10.4. The fourth-order valence-corrected chi connectivity index (χ4v) is 1.20. The first-order valence-electron chi connectivity index (χ1n) is 6.66. The molecule has 0 saturated heterocycles. The molecule has 0 aromatic rings. The standard InChI is InChI=1S/2C6H12O6/c2*7-1-3(9)5(11)6(12)4(10)2-8/h2*3,5-9,11-12H,1-2H2/t2*3-,5+,6+/m10/s1. The van der Waals surface area contributed by atoms with Crippen molar-refractivity contribution in [2.75, 3.05) is 26.4 Å². The summed E-state index contributed by atoms with van der Waals surface area (Å²) in [5.74, 6) is -2.01. The summed E-state index contributed by atoms with van der Waals surface area (Å²) in [5.41, 5.74) is 0. The topological polar surface area (TPSA) is 236 Å². The molecule has 0 aromatic carbocycles. The van der Waals surface area contributed by atoms with Crippen molar-refractivity contribution in [3.8, 4) is 0 Å². The average molecular weight is 360 g/mol. The number of carbonyl (C=O) groups is 2. The zero-order chi connectivity index (χ0) is 19.4. The average Bonchev–Trinajstić information content (AvgIpc) is 2.62. The molecule has 0 saturated carbocycles. The summed E-state index contributed by atoms with van der Waals surface area (Å²) >= 11 is 0. The van der Waals surface area contributed by atoms with Crippen molar-refractivity contribution in [3.63, 3.8) is 0 Å². The molecule has 0 aliphatic heterocycles. The Morgan fingerprint density at radius 2 is 0.833 bits per heavy atom. The number of ketones is 2. The van der Waals surface area contributed by atoms with Crippen LogP contribution in [0.2, 0.25) is 0 Å². The summed E-state index contributed by atoms with van der Waals surface area (Å²) in [6, 6.07) is 0. The van der Waals surface area contributed by atoms with Gasteiger partial charge in [-0.3, -0.25) is 9.59 Å². The predicted molar refractivity (Wildman–Crippen MR) is 74.4 cm³/mol. The Labute approximate surface area is 136 Å². The molecule has 0 spiro atoms. The Balaban J connectivity index is 0. The minimum Gasteiger partial charge on any atom is -0.394 e. The first-order chi connectivity index (χ1) is 11.1. The molecule has 12 heteroatoms. The molecule has 6 atom stereocenters. The third-order valence-electron chi connectivity index (χ3n) is 2.78. The number of aliphatic hydroxyl groups is 10. The van der Waals surface area contributed by atoms with Crippen LogP contribution in [0.15, 0.2) is 0 Å². The van der Waals surface area contributed by atoms with E-state index < -0.39 is 74.6 Å². The van der Waals surface area contributed by atoms with Gasteiger partial charge in [-0.05, 0) is 0 Å². The highest BCUT2D eigenvalue weighted by Crippen LogP contribution is 2.01. The molecule has 10 N–H and O–H groups in total. The fourth-order valence-electron chi connectivity index (χ4n) is 1.20. The van der Waals surface area contributed by atoms with E-state index in [2.05, 4.69) is 0 Å². The maximum atomic E-state index is 10.5. The van der Waals surface area contributed by atoms with Gasteiger partial charge in [0.15, 0.2) is 11.6 Å². The monoisotopic (exact) mass is 360 g/mol. The van der Waals surface area contributed by atoms with E-state index in [1.165, 1.54) is 0 Å². The van der Waals surface area contributed by atoms with Crippen molar-refractivity contribution < 1.29 is 60.7 Å². The zero-order valence-electron chi connectivity index (χ0n) is 12.6. The van der Waals surface area contributed by atoms with Gasteiger partial charge < -0.3 is 51.1 Å². The second-order valence-corrected chi connectivity index (χ2v) is 4.62. The molecule has 0 aliphatic rings. The number of rotatable bonds is 10. The van der Waals surface area contributed by atoms with E-state index in [0.717, 1.165) is 0 Å². The fraction of sp³-hybridized carbons (Fsp3) is 0.833. The van der Waals surface area contributed by atoms with Gasteiger partial charge in [0.25, 0.3) is 0 Å². The van der Waals surface area contributed by atoms with E-state index in [1.807, 2.05) is 0 Å². The molecule has 0 radical (unpaired) electrons. The van der Waals surface area contributed by atoms with Gasteiger partial charge in [-0.1, -0.05) is 0 Å². The van der Waals surface area contributed by atoms with Crippen molar-refractivity contribution >= 4 is 11.6 Å². The number of carbonyl (C=O) groups excluding carboxylic acids is 2. The van der Waals surface area contributed by atoms with Gasteiger partial charge in [0, 0.05) is 0 Å². The van der Waals surface area contributed by atoms with Crippen LogP contribution in [0.25, 0.3) is 0 Å². The molecular weight excluding hydrogens is 336 g/mol. The number of aliphatic hydroxyl groups excluding tert-OH is 10. The second-order valence-electron chi connectivity index (χ2n) is 4.62. The molecule has 0 unspecified atom stereocenters. The molecule has 0 bridgehead atoms. The Hall–Kier alpha value is -1.06. The van der Waals surface area contributed by atoms with Crippen LogP contribution in [-0.2, 0) is 9.59 Å². The van der Waals surface area contributed by atoms with Crippen LogP contribution < -0.4 is 0 Å². The van der Waals surface area contributed by atoms with Gasteiger partial charge in [0.05, 0.1) is 13.2 Å². The Morgan fingerprint density at radius 1 is 0.583 bits per heavy atom. The van der Waals surface area contributed by atoms with Crippen LogP contribution in [0.5, 0.6) is 0 Å². The summed E-state index contributed by atoms with van der Waals surface area (Å²) in [4.78, 5) is 21.0. The molecular formula is C12H24O12. The van der Waals surface area contributed by atoms with Crippen LogP contribution in [-0.4, -0.2) is 126 Å². The van der Waals surface area contributed by atoms with Crippen LogP contribution in [0, 0.1) is 0 Å². The number of Topliss-reactive ketones (excluding diaryl/α,β-unsaturated/α-hetero) is 2. The maximum absolute atomic E-state index is 10.5. The van der Waals surface area contributed by atoms with E-state index in [9.17, 15) is 9.59 Å². The molecule has 0 heterocycles. The highest BCUT2D eigenvalue weighted by Gasteiger charge is 2.29. The van der Waals surface area contributed by atoms with E-state index >= 15 is 0 Å². The lowest BCUT2D eigenvalue weighted by Gasteiger charge is -2.19. The normalized spacial score (nSPS) is 18.4. The van der Waals surface area contributed by atoms with Crippen LogP contribution in [0.1, 0.15) is 0 Å². The quantitative estimate of drug-likeness (QED) is 0.175.